The average Bonchev–Trinajstić information content (AvgIpc) is 3.91. The van der Waals surface area contributed by atoms with Crippen molar-refractivity contribution < 1.29 is 38.3 Å². The fourth-order valence-corrected chi connectivity index (χ4v) is 7.84. The zero-order valence-electron chi connectivity index (χ0n) is 30.9. The lowest BCUT2D eigenvalue weighted by molar-refractivity contribution is -0.158. The van der Waals surface area contributed by atoms with Gasteiger partial charge in [0.05, 0.1) is 0 Å². The van der Waals surface area contributed by atoms with Crippen molar-refractivity contribution >= 4 is 47.4 Å². The lowest BCUT2D eigenvalue weighted by Gasteiger charge is -2.39. The third-order valence-electron chi connectivity index (χ3n) is 10.6. The summed E-state index contributed by atoms with van der Waals surface area (Å²) in [6.07, 6.45) is 4.64. The van der Waals surface area contributed by atoms with Gasteiger partial charge < -0.3 is 35.4 Å². The van der Waals surface area contributed by atoms with Crippen LogP contribution in [0.15, 0.2) is 42.6 Å². The van der Waals surface area contributed by atoms with Gasteiger partial charge in [-0.1, -0.05) is 37.3 Å². The number of anilines is 1. The maximum atomic E-state index is 14.4. The van der Waals surface area contributed by atoms with Gasteiger partial charge in [0.25, 0.3) is 0 Å². The average molecular weight is 748 g/mol. The Morgan fingerprint density at radius 1 is 0.889 bits per heavy atom. The molecule has 4 N–H and O–H groups in total. The molecule has 4 fully saturated rings. The topological polar surface area (TPSA) is 204 Å². The third-order valence-corrected chi connectivity index (χ3v) is 10.6. The Bertz CT molecular complexity index is 1750. The molecule has 5 heterocycles. The van der Waals surface area contributed by atoms with E-state index in [0.29, 0.717) is 45.1 Å². The number of aromatic nitrogens is 2. The summed E-state index contributed by atoms with van der Waals surface area (Å²) in [7, 11) is 1.69. The van der Waals surface area contributed by atoms with E-state index in [4.69, 9.17) is 4.74 Å². The second kappa shape index (κ2) is 16.7. The highest BCUT2D eigenvalue weighted by molar-refractivity contribution is 5.98. The van der Waals surface area contributed by atoms with E-state index in [-0.39, 0.29) is 31.2 Å². The number of benzene rings is 1. The fraction of sp³-hybridized carbons (Fsp3) is 0.568. The molecule has 7 atom stereocenters. The van der Waals surface area contributed by atoms with Crippen LogP contribution in [0.25, 0.3) is 0 Å². The van der Waals surface area contributed by atoms with E-state index in [0.717, 1.165) is 5.56 Å². The maximum absolute atomic E-state index is 14.4. The number of ether oxygens (including phenoxy) is 1. The number of piperidine rings is 1. The molecule has 290 valence electrons. The minimum absolute atomic E-state index is 0.0486. The van der Waals surface area contributed by atoms with Crippen LogP contribution in [-0.4, -0.2) is 129 Å². The van der Waals surface area contributed by atoms with Gasteiger partial charge in [0.15, 0.2) is 5.82 Å². The van der Waals surface area contributed by atoms with Crippen molar-refractivity contribution in [3.8, 4) is 0 Å². The van der Waals surface area contributed by atoms with Gasteiger partial charge in [-0.15, -0.1) is 0 Å². The smallest absolute Gasteiger partial charge is 0.328 e. The van der Waals surface area contributed by atoms with Crippen molar-refractivity contribution in [2.75, 3.05) is 31.6 Å². The number of carbonyl (C=O) groups excluding carboxylic acids is 7. The lowest BCUT2D eigenvalue weighted by Crippen LogP contribution is -2.62. The molecule has 0 bridgehead atoms. The van der Waals surface area contributed by atoms with Crippen LogP contribution in [0, 0.1) is 5.92 Å². The van der Waals surface area contributed by atoms with Gasteiger partial charge in [-0.25, -0.2) is 9.59 Å². The SMILES string of the molecule is C[C@@H]1C[C@H]2C(=O)OC[C@H](NC(=O)[C@H](Cc3ccccc3)NC(=O)Nc3ccn(C)n3)C(=O)N3CCC[C@H]3C(=O)N3CCCC[C@H]3C(=O)N[C@@H](C)C(=O)N2C1. The molecule has 0 saturated carbocycles. The number of carbonyl (C=O) groups is 7. The second-order valence-electron chi connectivity index (χ2n) is 14.7. The van der Waals surface area contributed by atoms with Gasteiger partial charge in [0.2, 0.25) is 29.5 Å². The fourth-order valence-electron chi connectivity index (χ4n) is 7.84. The Balaban J connectivity index is 1.29. The summed E-state index contributed by atoms with van der Waals surface area (Å²) in [5, 5.41) is 14.9. The number of hydrogen-bond acceptors (Lipinski definition) is 9. The number of hydrogen-bond donors (Lipinski definition) is 4. The molecule has 0 spiro atoms. The van der Waals surface area contributed by atoms with Crippen LogP contribution < -0.4 is 21.3 Å². The standard InChI is InChI=1S/C37H49N9O8/c1-22-18-29-36(52)54-21-26(39-31(47)25(19-24-10-5-4-6-11-24)40-37(53)41-30-14-17-43(3)42-30)34(50)45-16-9-13-28(45)35(51)44-15-8-7-12-27(44)32(48)38-23(2)33(49)46(29)20-22/h4-6,10-11,14,17,22-23,25-29H,7-9,12-13,15-16,18-21H2,1-3H3,(H,38,48)(H,39,47)(H2,40,41,42,53)/t22-,23+,25+,26+,27+,28+,29+/m1/s1. The van der Waals surface area contributed by atoms with E-state index in [1.165, 1.54) is 19.4 Å². The van der Waals surface area contributed by atoms with Crippen LogP contribution in [0.2, 0.25) is 0 Å². The number of nitrogens with one attached hydrogen (secondary N) is 4. The molecule has 7 amide bonds. The van der Waals surface area contributed by atoms with Gasteiger partial charge >= 0.3 is 12.0 Å². The summed E-state index contributed by atoms with van der Waals surface area (Å²) >= 11 is 0. The monoisotopic (exact) mass is 747 g/mol. The van der Waals surface area contributed by atoms with E-state index in [9.17, 15) is 33.6 Å². The molecule has 1 aromatic carbocycles. The van der Waals surface area contributed by atoms with Crippen molar-refractivity contribution in [3.05, 3.63) is 48.2 Å². The molecular formula is C37H49N9O8. The maximum Gasteiger partial charge on any atom is 0.328 e. The Labute approximate surface area is 313 Å². The van der Waals surface area contributed by atoms with Gasteiger partial charge in [0.1, 0.15) is 42.9 Å². The number of amides is 7. The second-order valence-corrected chi connectivity index (χ2v) is 14.7. The third kappa shape index (κ3) is 8.66. The van der Waals surface area contributed by atoms with E-state index in [1.807, 2.05) is 13.0 Å². The molecule has 54 heavy (non-hydrogen) atoms. The molecule has 0 radical (unpaired) electrons. The van der Waals surface area contributed by atoms with Crippen LogP contribution in [0.1, 0.15) is 57.9 Å². The Kier molecular flexibility index (Phi) is 11.8. The van der Waals surface area contributed by atoms with E-state index < -0.39 is 84.4 Å². The Morgan fingerprint density at radius 2 is 1.61 bits per heavy atom. The predicted molar refractivity (Wildman–Crippen MR) is 193 cm³/mol. The van der Waals surface area contributed by atoms with Crippen molar-refractivity contribution in [2.24, 2.45) is 13.0 Å². The quantitative estimate of drug-likeness (QED) is 0.300. The highest BCUT2D eigenvalue weighted by atomic mass is 16.5. The van der Waals surface area contributed by atoms with Crippen LogP contribution in [0.5, 0.6) is 0 Å². The highest BCUT2D eigenvalue weighted by Gasteiger charge is 2.46. The molecule has 0 aliphatic carbocycles. The minimum atomic E-state index is -1.44. The highest BCUT2D eigenvalue weighted by Crippen LogP contribution is 2.28. The predicted octanol–water partition coefficient (Wildman–Crippen LogP) is 0.308. The van der Waals surface area contributed by atoms with E-state index >= 15 is 0 Å². The number of urea groups is 1. The largest absolute Gasteiger partial charge is 0.461 e. The summed E-state index contributed by atoms with van der Waals surface area (Å²) in [5.74, 6) is -3.24. The first-order valence-electron chi connectivity index (χ1n) is 18.7. The van der Waals surface area contributed by atoms with Crippen molar-refractivity contribution in [1.29, 1.82) is 0 Å². The number of cyclic esters (lactones) is 1. The molecule has 17 nitrogen and oxygen atoms in total. The molecule has 4 aliphatic rings. The van der Waals surface area contributed by atoms with Crippen LogP contribution >= 0.6 is 0 Å². The first-order chi connectivity index (χ1) is 25.9. The molecule has 4 saturated heterocycles. The number of esters is 1. The summed E-state index contributed by atoms with van der Waals surface area (Å²) in [5.41, 5.74) is 0.728. The number of nitrogens with zero attached hydrogens (tertiary/aromatic N) is 5. The van der Waals surface area contributed by atoms with Crippen molar-refractivity contribution in [1.82, 2.24) is 40.4 Å². The molecule has 2 aromatic rings. The molecule has 1 aromatic heterocycles. The first kappa shape index (κ1) is 38.3. The lowest BCUT2D eigenvalue weighted by atomic mass is 9.99. The first-order valence-corrected chi connectivity index (χ1v) is 18.7. The molecule has 17 heteroatoms. The van der Waals surface area contributed by atoms with Crippen LogP contribution in [0.3, 0.4) is 0 Å². The van der Waals surface area contributed by atoms with E-state index in [2.05, 4.69) is 26.4 Å². The van der Waals surface area contributed by atoms with Gasteiger partial charge in [0, 0.05) is 45.4 Å². The van der Waals surface area contributed by atoms with Gasteiger partial charge in [-0.3, -0.25) is 34.0 Å². The summed E-state index contributed by atoms with van der Waals surface area (Å²) in [6, 6.07) is 3.56. The molecule has 4 aliphatic heterocycles. The number of rotatable bonds is 6. The minimum Gasteiger partial charge on any atom is -0.461 e. The summed E-state index contributed by atoms with van der Waals surface area (Å²) in [6.45, 7) is 3.66. The normalized spacial score (nSPS) is 27.3. The Morgan fingerprint density at radius 3 is 2.35 bits per heavy atom. The number of fused-ring (bicyclic) bond motifs is 3. The molecule has 6 rings (SSSR count). The molecule has 0 unspecified atom stereocenters. The van der Waals surface area contributed by atoms with Crippen molar-refractivity contribution in [2.45, 2.75) is 95.0 Å². The zero-order chi connectivity index (χ0) is 38.5. The summed E-state index contributed by atoms with van der Waals surface area (Å²) in [4.78, 5) is 101. The number of aryl methyl sites for hydroxylation is 1. The van der Waals surface area contributed by atoms with Crippen molar-refractivity contribution in [3.63, 3.8) is 0 Å². The van der Waals surface area contributed by atoms with E-state index in [1.54, 1.807) is 50.5 Å². The van der Waals surface area contributed by atoms with Gasteiger partial charge in [-0.05, 0) is 56.9 Å². The van der Waals surface area contributed by atoms with Gasteiger partial charge in [-0.2, -0.15) is 5.10 Å². The van der Waals surface area contributed by atoms with Crippen LogP contribution in [-0.2, 0) is 47.0 Å². The van der Waals surface area contributed by atoms with Crippen LogP contribution in [0.4, 0.5) is 10.6 Å². The Hall–Kier alpha value is -5.48. The molecular weight excluding hydrogens is 698 g/mol. The summed E-state index contributed by atoms with van der Waals surface area (Å²) < 4.78 is 7.23. The zero-order valence-corrected chi connectivity index (χ0v) is 30.9.